The van der Waals surface area contributed by atoms with E-state index in [-0.39, 0.29) is 13.0 Å². The van der Waals surface area contributed by atoms with Crippen LogP contribution in [0.15, 0.2) is 30.5 Å². The first-order valence-corrected chi connectivity index (χ1v) is 8.95. The summed E-state index contributed by atoms with van der Waals surface area (Å²) in [5.74, 6) is -0.740. The largest absolute Gasteiger partial charge is 0.480 e. The summed E-state index contributed by atoms with van der Waals surface area (Å²) in [4.78, 5) is 29.4. The van der Waals surface area contributed by atoms with Crippen LogP contribution in [0.25, 0.3) is 10.8 Å². The van der Waals surface area contributed by atoms with E-state index in [1.807, 2.05) is 12.1 Å². The van der Waals surface area contributed by atoms with Gasteiger partial charge in [-0.15, -0.1) is 0 Å². The Balaban J connectivity index is 1.82. The lowest BCUT2D eigenvalue weighted by molar-refractivity contribution is -0.142. The van der Waals surface area contributed by atoms with Crippen LogP contribution in [0.5, 0.6) is 5.88 Å². The molecule has 1 aliphatic rings. The van der Waals surface area contributed by atoms with E-state index in [9.17, 15) is 14.7 Å². The second-order valence-corrected chi connectivity index (χ2v) is 7.88. The van der Waals surface area contributed by atoms with E-state index in [2.05, 4.69) is 4.98 Å². The Hall–Kier alpha value is -2.54. The number of hydrogen-bond donors (Lipinski definition) is 1. The van der Waals surface area contributed by atoms with Gasteiger partial charge in [0.25, 0.3) is 0 Å². The van der Waals surface area contributed by atoms with Gasteiger partial charge in [0.2, 0.25) is 5.88 Å². The normalized spacial score (nSPS) is 19.9. The summed E-state index contributed by atoms with van der Waals surface area (Å²) in [6.45, 7) is 5.29. The molecule has 1 aromatic carbocycles. The molecule has 1 N–H and O–H groups in total. The summed E-state index contributed by atoms with van der Waals surface area (Å²) in [6, 6.07) is 6.19. The van der Waals surface area contributed by atoms with Crippen molar-refractivity contribution >= 4 is 34.4 Å². The van der Waals surface area contributed by atoms with Crippen molar-refractivity contribution in [2.45, 2.75) is 44.9 Å². The third kappa shape index (κ3) is 4.42. The van der Waals surface area contributed by atoms with Crippen LogP contribution in [0.4, 0.5) is 4.79 Å². The number of aromatic nitrogens is 1. The van der Waals surface area contributed by atoms with Crippen molar-refractivity contribution in [2.75, 3.05) is 6.54 Å². The predicted octanol–water partition coefficient (Wildman–Crippen LogP) is 3.73. The van der Waals surface area contributed by atoms with Crippen LogP contribution in [0, 0.1) is 0 Å². The maximum atomic E-state index is 12.4. The van der Waals surface area contributed by atoms with Gasteiger partial charge >= 0.3 is 12.1 Å². The van der Waals surface area contributed by atoms with E-state index in [4.69, 9.17) is 21.1 Å². The van der Waals surface area contributed by atoms with Gasteiger partial charge in [-0.25, -0.2) is 14.6 Å². The van der Waals surface area contributed by atoms with Gasteiger partial charge in [0.05, 0.1) is 6.54 Å². The summed E-state index contributed by atoms with van der Waals surface area (Å²) in [5, 5.41) is 11.7. The van der Waals surface area contributed by atoms with E-state index in [1.165, 1.54) is 4.90 Å². The third-order valence-corrected chi connectivity index (χ3v) is 4.38. The van der Waals surface area contributed by atoms with Crippen LogP contribution in [-0.4, -0.2) is 51.3 Å². The molecule has 2 aromatic rings. The Kier molecular flexibility index (Phi) is 5.15. The Morgan fingerprint density at radius 1 is 1.30 bits per heavy atom. The van der Waals surface area contributed by atoms with Crippen LogP contribution < -0.4 is 4.74 Å². The van der Waals surface area contributed by atoms with E-state index in [0.29, 0.717) is 10.9 Å². The lowest BCUT2D eigenvalue weighted by Crippen LogP contribution is -2.43. The molecule has 0 saturated carbocycles. The molecule has 0 aliphatic carbocycles. The summed E-state index contributed by atoms with van der Waals surface area (Å²) in [7, 11) is 0. The molecular formula is C19H21ClN2O5. The molecule has 2 atom stereocenters. The lowest BCUT2D eigenvalue weighted by atomic mass is 10.1. The summed E-state index contributed by atoms with van der Waals surface area (Å²) >= 11 is 6.07. The average Bonchev–Trinajstić information content (AvgIpc) is 2.98. The second-order valence-electron chi connectivity index (χ2n) is 7.44. The van der Waals surface area contributed by atoms with Crippen molar-refractivity contribution in [3.05, 3.63) is 35.5 Å². The first kappa shape index (κ1) is 19.2. The van der Waals surface area contributed by atoms with Crippen molar-refractivity contribution in [1.82, 2.24) is 9.88 Å². The minimum atomic E-state index is -1.10. The van der Waals surface area contributed by atoms with Crippen molar-refractivity contribution in [2.24, 2.45) is 0 Å². The number of halogens is 1. The Labute approximate surface area is 161 Å². The molecule has 2 heterocycles. The highest BCUT2D eigenvalue weighted by Crippen LogP contribution is 2.30. The number of aliphatic carboxylic acids is 1. The highest BCUT2D eigenvalue weighted by molar-refractivity contribution is 6.31. The molecule has 0 spiro atoms. The van der Waals surface area contributed by atoms with E-state index >= 15 is 0 Å². The van der Waals surface area contributed by atoms with E-state index in [1.54, 1.807) is 39.1 Å². The fraction of sp³-hybridized carbons (Fsp3) is 0.421. The van der Waals surface area contributed by atoms with Crippen molar-refractivity contribution in [1.29, 1.82) is 0 Å². The van der Waals surface area contributed by atoms with Gasteiger partial charge in [0.1, 0.15) is 17.7 Å². The van der Waals surface area contributed by atoms with Crippen LogP contribution >= 0.6 is 11.6 Å². The molecule has 144 valence electrons. The van der Waals surface area contributed by atoms with Gasteiger partial charge in [0.15, 0.2) is 0 Å². The second kappa shape index (κ2) is 7.23. The number of carboxylic acids is 1. The zero-order valence-electron chi connectivity index (χ0n) is 15.3. The van der Waals surface area contributed by atoms with Crippen molar-refractivity contribution in [3.63, 3.8) is 0 Å². The number of ether oxygens (including phenoxy) is 2. The zero-order chi connectivity index (χ0) is 19.8. The van der Waals surface area contributed by atoms with Gasteiger partial charge < -0.3 is 14.6 Å². The quantitative estimate of drug-likeness (QED) is 0.856. The average molecular weight is 393 g/mol. The number of benzene rings is 1. The first-order valence-electron chi connectivity index (χ1n) is 8.57. The number of carbonyl (C=O) groups excluding carboxylic acids is 1. The van der Waals surface area contributed by atoms with Crippen LogP contribution in [0.1, 0.15) is 27.2 Å². The standard InChI is InChI=1S/C19H21ClN2O5/c1-19(2,3)27-18(25)22-10-13(9-15(22)17(23)24)26-16-14-8-12(20)5-4-11(14)6-7-21-16/h4-8,13,15H,9-10H2,1-3H3,(H,23,24). The fourth-order valence-corrected chi connectivity index (χ4v) is 3.18. The zero-order valence-corrected chi connectivity index (χ0v) is 16.1. The molecule has 27 heavy (non-hydrogen) atoms. The Morgan fingerprint density at radius 2 is 2.04 bits per heavy atom. The number of pyridine rings is 1. The Morgan fingerprint density at radius 3 is 2.70 bits per heavy atom. The molecule has 3 rings (SSSR count). The molecule has 1 saturated heterocycles. The van der Waals surface area contributed by atoms with Crippen molar-refractivity contribution in [3.8, 4) is 5.88 Å². The number of fused-ring (bicyclic) bond motifs is 1. The van der Waals surface area contributed by atoms with Gasteiger partial charge in [-0.05, 0) is 44.4 Å². The summed E-state index contributed by atoms with van der Waals surface area (Å²) in [6.07, 6.45) is 0.569. The monoisotopic (exact) mass is 392 g/mol. The molecule has 1 amide bonds. The molecule has 7 nitrogen and oxygen atoms in total. The van der Waals surface area contributed by atoms with E-state index < -0.39 is 29.8 Å². The maximum absolute atomic E-state index is 12.4. The SMILES string of the molecule is CC(C)(C)OC(=O)N1CC(Oc2nccc3ccc(Cl)cc23)CC1C(=O)O. The maximum Gasteiger partial charge on any atom is 0.411 e. The molecule has 0 bridgehead atoms. The van der Waals surface area contributed by atoms with Gasteiger partial charge in [0, 0.05) is 23.0 Å². The smallest absolute Gasteiger partial charge is 0.411 e. The molecule has 8 heteroatoms. The molecule has 1 aromatic heterocycles. The van der Waals surface area contributed by atoms with Gasteiger partial charge in [-0.3, -0.25) is 4.90 Å². The molecule has 1 aliphatic heterocycles. The van der Waals surface area contributed by atoms with Crippen LogP contribution in [0.3, 0.4) is 0 Å². The van der Waals surface area contributed by atoms with Crippen LogP contribution in [-0.2, 0) is 9.53 Å². The third-order valence-electron chi connectivity index (χ3n) is 4.15. The number of nitrogens with zero attached hydrogens (tertiary/aromatic N) is 2. The predicted molar refractivity (Wildman–Crippen MR) is 100 cm³/mol. The highest BCUT2D eigenvalue weighted by atomic mass is 35.5. The molecular weight excluding hydrogens is 372 g/mol. The van der Waals surface area contributed by atoms with Gasteiger partial charge in [-0.2, -0.15) is 0 Å². The number of carboxylic acid groups (broad SMARTS) is 1. The lowest BCUT2D eigenvalue weighted by Gasteiger charge is -2.26. The Bertz CT molecular complexity index is 880. The van der Waals surface area contributed by atoms with Crippen molar-refractivity contribution < 1.29 is 24.2 Å². The molecule has 0 radical (unpaired) electrons. The van der Waals surface area contributed by atoms with Crippen LogP contribution in [0.2, 0.25) is 5.02 Å². The minimum Gasteiger partial charge on any atom is -0.480 e. The number of amides is 1. The minimum absolute atomic E-state index is 0.102. The fourth-order valence-electron chi connectivity index (χ4n) is 3.00. The number of hydrogen-bond acceptors (Lipinski definition) is 5. The highest BCUT2D eigenvalue weighted by Gasteiger charge is 2.42. The van der Waals surface area contributed by atoms with E-state index in [0.717, 1.165) is 10.8 Å². The summed E-state index contributed by atoms with van der Waals surface area (Å²) in [5.41, 5.74) is -0.715. The molecule has 2 unspecified atom stereocenters. The first-order chi connectivity index (χ1) is 12.6. The van der Waals surface area contributed by atoms with Gasteiger partial charge in [-0.1, -0.05) is 17.7 Å². The summed E-state index contributed by atoms with van der Waals surface area (Å²) < 4.78 is 11.3. The number of rotatable bonds is 3. The number of likely N-dealkylation sites (tertiary alicyclic amines) is 1. The molecule has 1 fully saturated rings. The topological polar surface area (TPSA) is 89.0 Å². The number of carbonyl (C=O) groups is 2.